The predicted octanol–water partition coefficient (Wildman–Crippen LogP) is 1.42. The Kier molecular flexibility index (Phi) is 4.94. The molecule has 1 aliphatic carbocycles. The third-order valence-corrected chi connectivity index (χ3v) is 3.19. The molecule has 1 saturated carbocycles. The molecule has 1 aliphatic rings. The molecule has 0 aromatic heterocycles. The summed E-state index contributed by atoms with van der Waals surface area (Å²) < 4.78 is 0. The van der Waals surface area contributed by atoms with E-state index in [4.69, 9.17) is 5.73 Å². The van der Waals surface area contributed by atoms with E-state index >= 15 is 0 Å². The highest BCUT2D eigenvalue weighted by Crippen LogP contribution is 2.26. The lowest BCUT2D eigenvalue weighted by molar-refractivity contribution is -0.117. The lowest BCUT2D eigenvalue weighted by Crippen LogP contribution is -2.36. The minimum Gasteiger partial charge on any atom is -0.370 e. The van der Waals surface area contributed by atoms with Crippen LogP contribution in [0.1, 0.15) is 45.4 Å². The number of carbonyl (C=O) groups excluding carboxylic acids is 1. The largest absolute Gasteiger partial charge is 0.370 e. The Morgan fingerprint density at radius 3 is 2.64 bits per heavy atom. The van der Waals surface area contributed by atoms with Gasteiger partial charge in [0.1, 0.15) is 0 Å². The number of carbonyl (C=O) groups is 1. The fourth-order valence-corrected chi connectivity index (χ4v) is 2.22. The van der Waals surface area contributed by atoms with Crippen LogP contribution in [-0.4, -0.2) is 18.5 Å². The van der Waals surface area contributed by atoms with E-state index in [1.165, 1.54) is 32.1 Å². The Balaban J connectivity index is 2.13. The maximum atomic E-state index is 10.5. The first kappa shape index (κ1) is 11.5. The topological polar surface area (TPSA) is 55.1 Å². The molecule has 3 N–H and O–H groups in total. The molecule has 1 rings (SSSR count). The molecule has 0 bridgehead atoms. The summed E-state index contributed by atoms with van der Waals surface area (Å²) in [5.41, 5.74) is 5.08. The van der Waals surface area contributed by atoms with Crippen molar-refractivity contribution in [2.24, 2.45) is 11.7 Å². The molecule has 0 aromatic rings. The first-order valence-electron chi connectivity index (χ1n) is 5.72. The molecule has 3 nitrogen and oxygen atoms in total. The van der Waals surface area contributed by atoms with Crippen molar-refractivity contribution in [2.45, 2.75) is 51.5 Å². The van der Waals surface area contributed by atoms with Crippen LogP contribution in [0, 0.1) is 5.92 Å². The Morgan fingerprint density at radius 1 is 1.43 bits per heavy atom. The highest BCUT2D eigenvalue weighted by molar-refractivity contribution is 5.73. The second-order valence-electron chi connectivity index (χ2n) is 4.36. The number of hydrogen-bond donors (Lipinski definition) is 2. The number of nitrogens with two attached hydrogens (primary N) is 1. The van der Waals surface area contributed by atoms with Gasteiger partial charge in [0.05, 0.1) is 0 Å². The molecule has 1 unspecified atom stereocenters. The number of rotatable bonds is 5. The molecule has 14 heavy (non-hydrogen) atoms. The Hall–Kier alpha value is -0.570. The first-order valence-corrected chi connectivity index (χ1v) is 5.72. The molecule has 0 aromatic carbocycles. The highest BCUT2D eigenvalue weighted by Gasteiger charge is 2.19. The van der Waals surface area contributed by atoms with Crippen LogP contribution in [0.2, 0.25) is 0 Å². The zero-order valence-corrected chi connectivity index (χ0v) is 9.09. The Labute approximate surface area is 86.4 Å². The molecular weight excluding hydrogens is 176 g/mol. The molecule has 1 atom stereocenters. The van der Waals surface area contributed by atoms with Crippen LogP contribution in [0.4, 0.5) is 0 Å². The smallest absolute Gasteiger partial charge is 0.218 e. The van der Waals surface area contributed by atoms with Gasteiger partial charge in [-0.2, -0.15) is 0 Å². The van der Waals surface area contributed by atoms with Gasteiger partial charge in [-0.3, -0.25) is 4.79 Å². The fraction of sp³-hybridized carbons (Fsp3) is 0.909. The standard InChI is InChI=1S/C11H22N2O/c1-9(13-8-7-11(12)14)10-5-3-2-4-6-10/h9-10,13H,2-8H2,1H3,(H2,12,14). The van der Waals surface area contributed by atoms with Gasteiger partial charge < -0.3 is 11.1 Å². The molecule has 0 aliphatic heterocycles. The van der Waals surface area contributed by atoms with Crippen molar-refractivity contribution < 1.29 is 4.79 Å². The van der Waals surface area contributed by atoms with Gasteiger partial charge >= 0.3 is 0 Å². The molecule has 1 amide bonds. The Bertz CT molecular complexity index is 176. The van der Waals surface area contributed by atoms with Crippen molar-refractivity contribution in [2.75, 3.05) is 6.54 Å². The van der Waals surface area contributed by atoms with E-state index in [1.54, 1.807) is 0 Å². The van der Waals surface area contributed by atoms with Gasteiger partial charge in [0, 0.05) is 19.0 Å². The van der Waals surface area contributed by atoms with Crippen LogP contribution in [0.5, 0.6) is 0 Å². The fourth-order valence-electron chi connectivity index (χ4n) is 2.22. The molecule has 3 heteroatoms. The molecule has 0 spiro atoms. The van der Waals surface area contributed by atoms with Crippen LogP contribution in [0.15, 0.2) is 0 Å². The number of hydrogen-bond acceptors (Lipinski definition) is 2. The Morgan fingerprint density at radius 2 is 2.07 bits per heavy atom. The predicted molar refractivity (Wildman–Crippen MR) is 57.9 cm³/mol. The van der Waals surface area contributed by atoms with Crippen molar-refractivity contribution in [1.29, 1.82) is 0 Å². The average molecular weight is 198 g/mol. The quantitative estimate of drug-likeness (QED) is 0.702. The summed E-state index contributed by atoms with van der Waals surface area (Å²) in [5.74, 6) is 0.588. The maximum absolute atomic E-state index is 10.5. The summed E-state index contributed by atoms with van der Waals surface area (Å²) in [5, 5.41) is 3.38. The van der Waals surface area contributed by atoms with E-state index in [1.807, 2.05) is 0 Å². The monoisotopic (exact) mass is 198 g/mol. The lowest BCUT2D eigenvalue weighted by atomic mass is 9.84. The summed E-state index contributed by atoms with van der Waals surface area (Å²) in [6.07, 6.45) is 7.26. The van der Waals surface area contributed by atoms with Gasteiger partial charge in [0.2, 0.25) is 5.91 Å². The van der Waals surface area contributed by atoms with Crippen LogP contribution < -0.4 is 11.1 Å². The number of amides is 1. The van der Waals surface area contributed by atoms with E-state index in [0.29, 0.717) is 12.5 Å². The van der Waals surface area contributed by atoms with Crippen molar-refractivity contribution >= 4 is 5.91 Å². The maximum Gasteiger partial charge on any atom is 0.218 e. The lowest BCUT2D eigenvalue weighted by Gasteiger charge is -2.28. The molecule has 0 heterocycles. The third kappa shape index (κ3) is 4.09. The number of nitrogens with one attached hydrogen (secondary N) is 1. The van der Waals surface area contributed by atoms with Crippen LogP contribution in [0.25, 0.3) is 0 Å². The highest BCUT2D eigenvalue weighted by atomic mass is 16.1. The third-order valence-electron chi connectivity index (χ3n) is 3.19. The SMILES string of the molecule is CC(NCCC(N)=O)C1CCCCC1. The molecule has 82 valence electrons. The molecule has 0 saturated heterocycles. The summed E-state index contributed by atoms with van der Waals surface area (Å²) in [4.78, 5) is 10.5. The minimum absolute atomic E-state index is 0.214. The second kappa shape index (κ2) is 6.02. The van der Waals surface area contributed by atoms with Gasteiger partial charge in [-0.05, 0) is 25.7 Å². The summed E-state index contributed by atoms with van der Waals surface area (Å²) in [6.45, 7) is 2.95. The van der Waals surface area contributed by atoms with Crippen LogP contribution >= 0.6 is 0 Å². The van der Waals surface area contributed by atoms with E-state index in [0.717, 1.165) is 12.5 Å². The van der Waals surface area contributed by atoms with Gasteiger partial charge in [-0.15, -0.1) is 0 Å². The molecule has 1 fully saturated rings. The zero-order chi connectivity index (χ0) is 10.4. The van der Waals surface area contributed by atoms with Gasteiger partial charge in [-0.25, -0.2) is 0 Å². The van der Waals surface area contributed by atoms with Crippen LogP contribution in [0.3, 0.4) is 0 Å². The van der Waals surface area contributed by atoms with Crippen molar-refractivity contribution in [3.63, 3.8) is 0 Å². The van der Waals surface area contributed by atoms with Gasteiger partial charge in [-0.1, -0.05) is 19.3 Å². The average Bonchev–Trinajstić information content (AvgIpc) is 2.18. The van der Waals surface area contributed by atoms with E-state index in [2.05, 4.69) is 12.2 Å². The minimum atomic E-state index is -0.214. The van der Waals surface area contributed by atoms with Crippen LogP contribution in [-0.2, 0) is 4.79 Å². The number of primary amides is 1. The van der Waals surface area contributed by atoms with Gasteiger partial charge in [0.25, 0.3) is 0 Å². The van der Waals surface area contributed by atoms with E-state index < -0.39 is 0 Å². The second-order valence-corrected chi connectivity index (χ2v) is 4.36. The first-order chi connectivity index (χ1) is 6.70. The summed E-state index contributed by atoms with van der Waals surface area (Å²) >= 11 is 0. The zero-order valence-electron chi connectivity index (χ0n) is 9.09. The normalized spacial score (nSPS) is 20.6. The van der Waals surface area contributed by atoms with E-state index in [9.17, 15) is 4.79 Å². The van der Waals surface area contributed by atoms with Crippen molar-refractivity contribution in [3.8, 4) is 0 Å². The summed E-state index contributed by atoms with van der Waals surface area (Å²) in [7, 11) is 0. The summed E-state index contributed by atoms with van der Waals surface area (Å²) in [6, 6.07) is 0.537. The molecular formula is C11H22N2O. The van der Waals surface area contributed by atoms with Crippen molar-refractivity contribution in [3.05, 3.63) is 0 Å². The molecule has 0 radical (unpaired) electrons. The van der Waals surface area contributed by atoms with Gasteiger partial charge in [0.15, 0.2) is 0 Å². The van der Waals surface area contributed by atoms with E-state index in [-0.39, 0.29) is 5.91 Å². The van der Waals surface area contributed by atoms with Crippen molar-refractivity contribution in [1.82, 2.24) is 5.32 Å².